The molecule has 25 heavy (non-hydrogen) atoms. The van der Waals surface area contributed by atoms with E-state index in [9.17, 15) is 18.0 Å². The zero-order valence-electron chi connectivity index (χ0n) is 13.6. The first-order chi connectivity index (χ1) is 11.7. The largest absolute Gasteiger partial charge is 0.436 e. The molecule has 1 fully saturated rings. The summed E-state index contributed by atoms with van der Waals surface area (Å²) >= 11 is 5.93. The van der Waals surface area contributed by atoms with Crippen LogP contribution in [0.15, 0.2) is 12.4 Å². The third-order valence-electron chi connectivity index (χ3n) is 4.09. The van der Waals surface area contributed by atoms with E-state index in [4.69, 9.17) is 11.6 Å². The molecule has 6 nitrogen and oxygen atoms in total. The summed E-state index contributed by atoms with van der Waals surface area (Å²) in [6.07, 6.45) is 0.178. The van der Waals surface area contributed by atoms with Gasteiger partial charge in [0.05, 0.1) is 16.9 Å². The third-order valence-corrected chi connectivity index (χ3v) is 4.46. The summed E-state index contributed by atoms with van der Waals surface area (Å²) in [5.74, 6) is -0.511. The highest BCUT2D eigenvalue weighted by atomic mass is 35.5. The van der Waals surface area contributed by atoms with Gasteiger partial charge in [-0.15, -0.1) is 0 Å². The highest BCUT2D eigenvalue weighted by Gasteiger charge is 2.43. The number of hydrogen-bond acceptors (Lipinski definition) is 3. The third kappa shape index (κ3) is 3.65. The van der Waals surface area contributed by atoms with Crippen LogP contribution in [0.25, 0.3) is 0 Å². The summed E-state index contributed by atoms with van der Waals surface area (Å²) in [5, 5.41) is 9.88. The molecule has 2 aromatic rings. The zero-order valence-corrected chi connectivity index (χ0v) is 14.4. The molecule has 2 aromatic heterocycles. The van der Waals surface area contributed by atoms with Crippen LogP contribution < -0.4 is 5.32 Å². The molecule has 0 spiro atoms. The fraction of sp³-hybridized carbons (Fsp3) is 0.533. The molecular weight excluding hydrogens is 359 g/mol. The van der Waals surface area contributed by atoms with E-state index in [1.54, 1.807) is 24.1 Å². The van der Waals surface area contributed by atoms with E-state index in [1.165, 1.54) is 6.92 Å². The molecule has 136 valence electrons. The van der Waals surface area contributed by atoms with Crippen molar-refractivity contribution in [1.82, 2.24) is 24.9 Å². The van der Waals surface area contributed by atoms with Crippen LogP contribution in [0.4, 0.5) is 13.2 Å². The van der Waals surface area contributed by atoms with Crippen LogP contribution in [0.2, 0.25) is 5.02 Å². The van der Waals surface area contributed by atoms with Crippen molar-refractivity contribution < 1.29 is 18.0 Å². The molecule has 1 N–H and O–H groups in total. The zero-order chi connectivity index (χ0) is 18.4. The summed E-state index contributed by atoms with van der Waals surface area (Å²) in [7, 11) is 1.75. The molecule has 0 radical (unpaired) electrons. The van der Waals surface area contributed by atoms with Gasteiger partial charge in [0.25, 0.3) is 0 Å². The first-order valence-electron chi connectivity index (χ1n) is 7.78. The second-order valence-electron chi connectivity index (χ2n) is 6.18. The lowest BCUT2D eigenvalue weighted by atomic mass is 10.2. The Morgan fingerprint density at radius 3 is 2.68 bits per heavy atom. The quantitative estimate of drug-likeness (QED) is 0.873. The number of carbonyl (C=O) groups is 1. The van der Waals surface area contributed by atoms with Gasteiger partial charge in [0, 0.05) is 31.3 Å². The molecule has 10 heteroatoms. The molecule has 0 aromatic carbocycles. The first-order valence-corrected chi connectivity index (χ1v) is 8.16. The number of nitrogens with one attached hydrogen (secondary N) is 1. The maximum absolute atomic E-state index is 13.1. The van der Waals surface area contributed by atoms with Gasteiger partial charge in [-0.25, -0.2) is 0 Å². The van der Waals surface area contributed by atoms with Crippen molar-refractivity contribution in [2.24, 2.45) is 7.05 Å². The van der Waals surface area contributed by atoms with E-state index in [1.807, 2.05) is 0 Å². The SMILES string of the molecule is CC(C(=O)NCc1cnn(C)c1)n1nc(C(F)(F)F)c(Cl)c1C1CC1. The smallest absolute Gasteiger partial charge is 0.350 e. The number of halogens is 4. The number of amides is 1. The molecule has 1 aliphatic carbocycles. The Bertz CT molecular complexity index is 794. The van der Waals surface area contributed by atoms with Gasteiger partial charge < -0.3 is 5.32 Å². The average molecular weight is 376 g/mol. The topological polar surface area (TPSA) is 64.7 Å². The molecule has 1 aliphatic rings. The summed E-state index contributed by atoms with van der Waals surface area (Å²) < 4.78 is 42.0. The highest BCUT2D eigenvalue weighted by Crippen LogP contribution is 2.47. The van der Waals surface area contributed by atoms with Crippen molar-refractivity contribution in [3.63, 3.8) is 0 Å². The Kier molecular flexibility index (Phi) is 4.52. The number of rotatable bonds is 5. The minimum atomic E-state index is -4.65. The van der Waals surface area contributed by atoms with E-state index in [0.717, 1.165) is 23.1 Å². The Labute approximate surface area is 146 Å². The minimum Gasteiger partial charge on any atom is -0.350 e. The maximum Gasteiger partial charge on any atom is 0.436 e. The molecule has 2 heterocycles. The normalized spacial score (nSPS) is 16.1. The van der Waals surface area contributed by atoms with Crippen molar-refractivity contribution in [2.75, 3.05) is 0 Å². The summed E-state index contributed by atoms with van der Waals surface area (Å²) in [4.78, 5) is 12.4. The number of carbonyl (C=O) groups excluding carboxylic acids is 1. The molecule has 0 aliphatic heterocycles. The van der Waals surface area contributed by atoms with Crippen LogP contribution in [-0.4, -0.2) is 25.5 Å². The number of alkyl halides is 3. The fourth-order valence-electron chi connectivity index (χ4n) is 2.64. The van der Waals surface area contributed by atoms with Crippen LogP contribution in [0.5, 0.6) is 0 Å². The highest BCUT2D eigenvalue weighted by molar-refractivity contribution is 6.32. The summed E-state index contributed by atoms with van der Waals surface area (Å²) in [6.45, 7) is 1.74. The van der Waals surface area contributed by atoms with Gasteiger partial charge in [-0.1, -0.05) is 11.6 Å². The Balaban J connectivity index is 1.81. The lowest BCUT2D eigenvalue weighted by Gasteiger charge is -2.15. The first kappa shape index (κ1) is 17.8. The Morgan fingerprint density at radius 2 is 2.16 bits per heavy atom. The van der Waals surface area contributed by atoms with Crippen molar-refractivity contribution in [3.8, 4) is 0 Å². The second-order valence-corrected chi connectivity index (χ2v) is 6.56. The predicted molar refractivity (Wildman–Crippen MR) is 84.0 cm³/mol. The number of aryl methyl sites for hydroxylation is 1. The van der Waals surface area contributed by atoms with E-state index >= 15 is 0 Å². The van der Waals surface area contributed by atoms with Crippen LogP contribution in [0, 0.1) is 0 Å². The van der Waals surface area contributed by atoms with Crippen molar-refractivity contribution in [1.29, 1.82) is 0 Å². The van der Waals surface area contributed by atoms with Crippen LogP contribution >= 0.6 is 11.6 Å². The van der Waals surface area contributed by atoms with Crippen molar-refractivity contribution >= 4 is 17.5 Å². The Morgan fingerprint density at radius 1 is 1.48 bits per heavy atom. The lowest BCUT2D eigenvalue weighted by molar-refractivity contribution is -0.141. The molecule has 1 atom stereocenters. The minimum absolute atomic E-state index is 0.0790. The van der Waals surface area contributed by atoms with Gasteiger partial charge in [0.15, 0.2) is 5.69 Å². The molecule has 0 saturated heterocycles. The van der Waals surface area contributed by atoms with E-state index in [0.29, 0.717) is 0 Å². The van der Waals surface area contributed by atoms with Gasteiger partial charge in [-0.2, -0.15) is 23.4 Å². The number of nitrogens with zero attached hydrogens (tertiary/aromatic N) is 4. The van der Waals surface area contributed by atoms with Gasteiger partial charge in [-0.3, -0.25) is 14.2 Å². The summed E-state index contributed by atoms with van der Waals surface area (Å²) in [5.41, 5.74) is -0.0547. The molecule has 3 rings (SSSR count). The van der Waals surface area contributed by atoms with E-state index < -0.39 is 28.8 Å². The molecular formula is C15H17ClF3N5O. The second kappa shape index (κ2) is 6.36. The fourth-order valence-corrected chi connectivity index (χ4v) is 3.02. The van der Waals surface area contributed by atoms with Crippen LogP contribution in [0.3, 0.4) is 0 Å². The monoisotopic (exact) mass is 375 g/mol. The number of hydrogen-bond donors (Lipinski definition) is 1. The Hall–Kier alpha value is -2.03. The summed E-state index contributed by atoms with van der Waals surface area (Å²) in [6, 6.07) is -0.902. The van der Waals surface area contributed by atoms with Gasteiger partial charge in [0.1, 0.15) is 6.04 Å². The van der Waals surface area contributed by atoms with Gasteiger partial charge >= 0.3 is 6.18 Å². The van der Waals surface area contributed by atoms with Gasteiger partial charge in [0.2, 0.25) is 5.91 Å². The van der Waals surface area contributed by atoms with E-state index in [2.05, 4.69) is 15.5 Å². The number of aromatic nitrogens is 4. The average Bonchev–Trinajstić information content (AvgIpc) is 3.18. The van der Waals surface area contributed by atoms with E-state index in [-0.39, 0.29) is 18.2 Å². The van der Waals surface area contributed by atoms with Crippen molar-refractivity contribution in [3.05, 3.63) is 34.4 Å². The van der Waals surface area contributed by atoms with Crippen molar-refractivity contribution in [2.45, 2.75) is 44.4 Å². The van der Waals surface area contributed by atoms with Gasteiger partial charge in [-0.05, 0) is 19.8 Å². The molecule has 1 amide bonds. The molecule has 1 saturated carbocycles. The van der Waals surface area contributed by atoms with Crippen LogP contribution in [-0.2, 0) is 24.6 Å². The molecule has 0 bridgehead atoms. The molecule has 1 unspecified atom stereocenters. The lowest BCUT2D eigenvalue weighted by Crippen LogP contribution is -2.32. The standard InChI is InChI=1S/C15H17ClF3N5O/c1-8(14(25)20-5-9-6-21-23(2)7-9)24-12(10-3-4-10)11(16)13(22-24)15(17,18)19/h6-8,10H,3-5H2,1-2H3,(H,20,25). The predicted octanol–water partition coefficient (Wildman–Crippen LogP) is 3.04. The van der Waals surface area contributed by atoms with Crippen LogP contribution in [0.1, 0.15) is 48.7 Å². The maximum atomic E-state index is 13.1.